The zero-order valence-electron chi connectivity index (χ0n) is 24.5. The molecule has 0 saturated carbocycles. The number of hydrogen-bond acceptors (Lipinski definition) is 0. The summed E-state index contributed by atoms with van der Waals surface area (Å²) < 4.78 is 2.39. The third kappa shape index (κ3) is 3.38. The van der Waals surface area contributed by atoms with Crippen molar-refractivity contribution in [2.45, 2.75) is 0 Å². The molecule has 1 aliphatic carbocycles. The molecule has 0 unspecified atom stereocenters. The summed E-state index contributed by atoms with van der Waals surface area (Å²) in [6.45, 7) is 0. The molecule has 1 aliphatic rings. The first-order valence-corrected chi connectivity index (χ1v) is 15.6. The van der Waals surface area contributed by atoms with Gasteiger partial charge in [0, 0.05) is 16.5 Å². The molecule has 0 bridgehead atoms. The Kier molecular flexibility index (Phi) is 5.06. The number of aromatic nitrogens is 1. The largest absolute Gasteiger partial charge is 0.309 e. The van der Waals surface area contributed by atoms with Crippen LogP contribution in [-0.2, 0) is 0 Å². The molecule has 8 aromatic carbocycles. The van der Waals surface area contributed by atoms with Gasteiger partial charge in [-0.15, -0.1) is 0 Å². The highest BCUT2D eigenvalue weighted by molar-refractivity contribution is 6.27. The molecular formula is C44H27N. The normalized spacial score (nSPS) is 12.0. The Morgan fingerprint density at radius 1 is 0.311 bits per heavy atom. The predicted octanol–water partition coefficient (Wildman–Crippen LogP) is 12.1. The van der Waals surface area contributed by atoms with Gasteiger partial charge in [0.25, 0.3) is 0 Å². The molecule has 0 N–H and O–H groups in total. The molecule has 0 fully saturated rings. The average Bonchev–Trinajstić information content (AvgIpc) is 3.37. The Morgan fingerprint density at radius 2 is 0.844 bits per heavy atom. The third-order valence-corrected chi connectivity index (χ3v) is 9.73. The second-order valence-corrected chi connectivity index (χ2v) is 12.0. The number of rotatable bonds is 2. The second kappa shape index (κ2) is 9.29. The van der Waals surface area contributed by atoms with Gasteiger partial charge in [0.1, 0.15) is 0 Å². The van der Waals surface area contributed by atoms with Crippen LogP contribution in [0.3, 0.4) is 0 Å². The summed E-state index contributed by atoms with van der Waals surface area (Å²) in [5, 5.41) is 7.73. The van der Waals surface area contributed by atoms with Crippen molar-refractivity contribution in [3.8, 4) is 50.2 Å². The molecule has 0 atom stereocenters. The van der Waals surface area contributed by atoms with Crippen molar-refractivity contribution in [2.24, 2.45) is 0 Å². The number of benzene rings is 8. The monoisotopic (exact) mass is 569 g/mol. The predicted molar refractivity (Wildman–Crippen MR) is 191 cm³/mol. The summed E-state index contributed by atoms with van der Waals surface area (Å²) in [7, 11) is 0. The highest BCUT2D eigenvalue weighted by Gasteiger charge is 2.25. The third-order valence-electron chi connectivity index (χ3n) is 9.73. The lowest BCUT2D eigenvalue weighted by Gasteiger charge is -2.19. The maximum atomic E-state index is 2.42. The van der Waals surface area contributed by atoms with Gasteiger partial charge >= 0.3 is 0 Å². The number of para-hydroxylation sites is 2. The van der Waals surface area contributed by atoms with Crippen molar-refractivity contribution in [2.75, 3.05) is 0 Å². The molecule has 0 radical (unpaired) electrons. The first-order chi connectivity index (χ1) is 22.4. The zero-order valence-corrected chi connectivity index (χ0v) is 24.5. The van der Waals surface area contributed by atoms with Gasteiger partial charge in [-0.1, -0.05) is 133 Å². The van der Waals surface area contributed by atoms with Gasteiger partial charge in [-0.3, -0.25) is 0 Å². The lowest BCUT2D eigenvalue weighted by atomic mass is 9.84. The molecule has 0 saturated heterocycles. The maximum Gasteiger partial charge on any atom is 0.0541 e. The summed E-state index contributed by atoms with van der Waals surface area (Å²) in [5.41, 5.74) is 13.9. The van der Waals surface area contributed by atoms with E-state index in [1.165, 1.54) is 93.5 Å². The number of fused-ring (bicyclic) bond motifs is 10. The lowest BCUT2D eigenvalue weighted by Crippen LogP contribution is -1.93. The van der Waals surface area contributed by atoms with E-state index in [9.17, 15) is 0 Å². The van der Waals surface area contributed by atoms with Gasteiger partial charge in [-0.2, -0.15) is 0 Å². The fourth-order valence-corrected chi connectivity index (χ4v) is 7.92. The van der Waals surface area contributed by atoms with Gasteiger partial charge in [0.15, 0.2) is 0 Å². The van der Waals surface area contributed by atoms with E-state index in [-0.39, 0.29) is 0 Å². The lowest BCUT2D eigenvalue weighted by molar-refractivity contribution is 1.18. The van der Waals surface area contributed by atoms with Crippen LogP contribution in [0.2, 0.25) is 0 Å². The summed E-state index contributed by atoms with van der Waals surface area (Å²) >= 11 is 0. The van der Waals surface area contributed by atoms with Crippen molar-refractivity contribution >= 4 is 43.4 Å². The SMILES string of the molecule is c1ccc(-n2c3ccccc3c3cc(-c4c5ccccc5c5c6c(cccc46)-c4ccccc4-c4ccccc4-5)ccc32)cc1. The quantitative estimate of drug-likeness (QED) is 0.183. The van der Waals surface area contributed by atoms with Crippen molar-refractivity contribution in [3.63, 3.8) is 0 Å². The Labute approximate surface area is 261 Å². The highest BCUT2D eigenvalue weighted by Crippen LogP contribution is 2.53. The highest BCUT2D eigenvalue weighted by atomic mass is 15.0. The van der Waals surface area contributed by atoms with E-state index in [0.29, 0.717) is 0 Å². The van der Waals surface area contributed by atoms with E-state index < -0.39 is 0 Å². The van der Waals surface area contributed by atoms with E-state index in [4.69, 9.17) is 0 Å². The zero-order chi connectivity index (χ0) is 29.5. The summed E-state index contributed by atoms with van der Waals surface area (Å²) in [4.78, 5) is 0. The molecule has 10 rings (SSSR count). The standard InChI is InChI=1S/C44H27N/c1-2-13-29(14-3-1)45-40-24-11-10-18-33(40)39-27-28(25-26-41(39)45)42-36-20-8-9-21-37(36)43-34-19-7-6-17-31(34)30-15-4-5-16-32(30)35-22-12-23-38(42)44(35)43/h1-27H. The molecule has 45 heavy (non-hydrogen) atoms. The van der Waals surface area contributed by atoms with Crippen LogP contribution in [0, 0.1) is 0 Å². The summed E-state index contributed by atoms with van der Waals surface area (Å²) in [6.07, 6.45) is 0. The second-order valence-electron chi connectivity index (χ2n) is 12.0. The van der Waals surface area contributed by atoms with Gasteiger partial charge in [0.05, 0.1) is 11.0 Å². The van der Waals surface area contributed by atoms with Crippen LogP contribution in [0.1, 0.15) is 0 Å². The van der Waals surface area contributed by atoms with Gasteiger partial charge in [-0.05, 0) is 96.4 Å². The van der Waals surface area contributed by atoms with E-state index in [1.807, 2.05) is 0 Å². The van der Waals surface area contributed by atoms with Crippen molar-refractivity contribution in [1.82, 2.24) is 4.57 Å². The van der Waals surface area contributed by atoms with Crippen molar-refractivity contribution in [1.29, 1.82) is 0 Å². The van der Waals surface area contributed by atoms with Gasteiger partial charge in [-0.25, -0.2) is 0 Å². The van der Waals surface area contributed by atoms with E-state index in [0.717, 1.165) is 0 Å². The molecule has 1 aromatic heterocycles. The molecule has 0 aliphatic heterocycles. The van der Waals surface area contributed by atoms with E-state index >= 15 is 0 Å². The fourth-order valence-electron chi connectivity index (χ4n) is 7.92. The minimum atomic E-state index is 1.18. The molecule has 1 heteroatoms. The Balaban J connectivity index is 1.36. The molecule has 208 valence electrons. The topological polar surface area (TPSA) is 4.93 Å². The van der Waals surface area contributed by atoms with Crippen molar-refractivity contribution < 1.29 is 0 Å². The van der Waals surface area contributed by atoms with Crippen LogP contribution in [0.15, 0.2) is 164 Å². The molecular weight excluding hydrogens is 542 g/mol. The smallest absolute Gasteiger partial charge is 0.0541 e. The van der Waals surface area contributed by atoms with E-state index in [2.05, 4.69) is 168 Å². The Morgan fingerprint density at radius 3 is 1.62 bits per heavy atom. The molecule has 1 nitrogen and oxygen atoms in total. The molecule has 0 spiro atoms. The Bertz CT molecular complexity index is 2640. The minimum Gasteiger partial charge on any atom is -0.309 e. The van der Waals surface area contributed by atoms with Gasteiger partial charge in [0.2, 0.25) is 0 Å². The first kappa shape index (κ1) is 24.5. The maximum absolute atomic E-state index is 2.42. The van der Waals surface area contributed by atoms with Crippen molar-refractivity contribution in [3.05, 3.63) is 164 Å². The van der Waals surface area contributed by atoms with Crippen LogP contribution in [-0.4, -0.2) is 4.57 Å². The molecule has 9 aromatic rings. The summed E-state index contributed by atoms with van der Waals surface area (Å²) in [6, 6.07) is 60.3. The number of nitrogens with zero attached hydrogens (tertiary/aromatic N) is 1. The first-order valence-electron chi connectivity index (χ1n) is 15.6. The van der Waals surface area contributed by atoms with E-state index in [1.54, 1.807) is 0 Å². The van der Waals surface area contributed by atoms with Crippen LogP contribution in [0.5, 0.6) is 0 Å². The Hall–Kier alpha value is -5.92. The van der Waals surface area contributed by atoms with Gasteiger partial charge < -0.3 is 4.57 Å². The molecule has 0 amide bonds. The molecule has 1 heterocycles. The minimum absolute atomic E-state index is 1.18. The fraction of sp³-hybridized carbons (Fsp3) is 0. The van der Waals surface area contributed by atoms with Crippen LogP contribution >= 0.6 is 0 Å². The average molecular weight is 570 g/mol. The van der Waals surface area contributed by atoms with Crippen LogP contribution in [0.25, 0.3) is 93.5 Å². The number of hydrogen-bond donors (Lipinski definition) is 0. The van der Waals surface area contributed by atoms with Crippen LogP contribution < -0.4 is 0 Å². The van der Waals surface area contributed by atoms with Crippen LogP contribution in [0.4, 0.5) is 0 Å². The summed E-state index contributed by atoms with van der Waals surface area (Å²) in [5.74, 6) is 0.